The number of aliphatic hydroxyl groups excluding tert-OH is 2. The van der Waals surface area contributed by atoms with Crippen LogP contribution in [0.25, 0.3) is 11.2 Å². The molecule has 1 atom stereocenters. The molecule has 0 aromatic carbocycles. The van der Waals surface area contributed by atoms with Gasteiger partial charge in [0, 0.05) is 33.2 Å². The Morgan fingerprint density at radius 3 is 2.83 bits per heavy atom. The van der Waals surface area contributed by atoms with Crippen LogP contribution in [0.1, 0.15) is 0 Å². The molecule has 3 heterocycles. The van der Waals surface area contributed by atoms with Gasteiger partial charge in [-0.15, -0.1) is 0 Å². The number of rotatable bonds is 7. The molecule has 0 spiro atoms. The van der Waals surface area contributed by atoms with Gasteiger partial charge in [-0.1, -0.05) is 0 Å². The van der Waals surface area contributed by atoms with Gasteiger partial charge in [0.2, 0.25) is 0 Å². The van der Waals surface area contributed by atoms with Crippen LogP contribution in [0.4, 0.5) is 5.82 Å². The SMILES string of the molecule is CN(CCN1CCOCC1)c1ncnc2c1ncn2CC(O)CO. The zero-order chi connectivity index (χ0) is 16.9. The highest BCUT2D eigenvalue weighted by Gasteiger charge is 2.16. The number of ether oxygens (including phenoxy) is 1. The van der Waals surface area contributed by atoms with Crippen molar-refractivity contribution in [1.29, 1.82) is 0 Å². The van der Waals surface area contributed by atoms with E-state index in [1.807, 2.05) is 7.05 Å². The zero-order valence-electron chi connectivity index (χ0n) is 13.9. The molecule has 9 heteroatoms. The lowest BCUT2D eigenvalue weighted by atomic mass is 10.3. The molecule has 1 aliphatic rings. The summed E-state index contributed by atoms with van der Waals surface area (Å²) in [7, 11) is 1.99. The monoisotopic (exact) mass is 336 g/mol. The van der Waals surface area contributed by atoms with Gasteiger partial charge in [-0.3, -0.25) is 4.90 Å². The predicted octanol–water partition coefficient (Wildman–Crippen LogP) is -1.05. The average molecular weight is 336 g/mol. The zero-order valence-corrected chi connectivity index (χ0v) is 13.9. The first-order chi connectivity index (χ1) is 11.7. The molecule has 3 rings (SSSR count). The summed E-state index contributed by atoms with van der Waals surface area (Å²) in [5, 5.41) is 18.6. The fraction of sp³-hybridized carbons (Fsp3) is 0.667. The van der Waals surface area contributed by atoms with Crippen LogP contribution < -0.4 is 4.90 Å². The number of hydrogen-bond donors (Lipinski definition) is 2. The van der Waals surface area contributed by atoms with Crippen molar-refractivity contribution < 1.29 is 14.9 Å². The van der Waals surface area contributed by atoms with Crippen LogP contribution >= 0.6 is 0 Å². The number of nitrogens with zero attached hydrogens (tertiary/aromatic N) is 6. The lowest BCUT2D eigenvalue weighted by Gasteiger charge is -2.28. The molecule has 132 valence electrons. The number of imidazole rings is 1. The number of likely N-dealkylation sites (N-methyl/N-ethyl adjacent to an activating group) is 1. The van der Waals surface area contributed by atoms with Crippen molar-refractivity contribution in [3.63, 3.8) is 0 Å². The van der Waals surface area contributed by atoms with Gasteiger partial charge in [-0.2, -0.15) is 0 Å². The minimum atomic E-state index is -0.833. The first-order valence-electron chi connectivity index (χ1n) is 8.15. The Kier molecular flexibility index (Phi) is 5.56. The van der Waals surface area contributed by atoms with Crippen LogP contribution in [0.3, 0.4) is 0 Å². The molecule has 1 fully saturated rings. The minimum Gasteiger partial charge on any atom is -0.394 e. The Balaban J connectivity index is 1.71. The molecule has 1 saturated heterocycles. The van der Waals surface area contributed by atoms with Crippen molar-refractivity contribution in [1.82, 2.24) is 24.4 Å². The molecule has 0 aliphatic carbocycles. The minimum absolute atomic E-state index is 0.251. The number of anilines is 1. The number of fused-ring (bicyclic) bond motifs is 1. The van der Waals surface area contributed by atoms with Crippen LogP contribution in [-0.2, 0) is 11.3 Å². The Morgan fingerprint density at radius 1 is 1.29 bits per heavy atom. The molecule has 24 heavy (non-hydrogen) atoms. The third-order valence-corrected chi connectivity index (χ3v) is 4.22. The lowest BCUT2D eigenvalue weighted by molar-refractivity contribution is 0.0393. The van der Waals surface area contributed by atoms with Gasteiger partial charge >= 0.3 is 0 Å². The van der Waals surface area contributed by atoms with E-state index in [0.717, 1.165) is 45.2 Å². The molecular weight excluding hydrogens is 312 g/mol. The van der Waals surface area contributed by atoms with Gasteiger partial charge in [-0.05, 0) is 0 Å². The quantitative estimate of drug-likeness (QED) is 0.661. The number of aromatic nitrogens is 4. The molecule has 0 radical (unpaired) electrons. The van der Waals surface area contributed by atoms with Gasteiger partial charge in [0.25, 0.3) is 0 Å². The van der Waals surface area contributed by atoms with Crippen molar-refractivity contribution in [2.75, 3.05) is 57.9 Å². The summed E-state index contributed by atoms with van der Waals surface area (Å²) >= 11 is 0. The van der Waals surface area contributed by atoms with Crippen molar-refractivity contribution in [2.45, 2.75) is 12.6 Å². The van der Waals surface area contributed by atoms with Crippen molar-refractivity contribution in [2.24, 2.45) is 0 Å². The predicted molar refractivity (Wildman–Crippen MR) is 88.9 cm³/mol. The molecule has 2 aromatic heterocycles. The van der Waals surface area contributed by atoms with Crippen molar-refractivity contribution in [3.05, 3.63) is 12.7 Å². The molecular formula is C15H24N6O3. The van der Waals surface area contributed by atoms with E-state index in [1.54, 1.807) is 10.9 Å². The summed E-state index contributed by atoms with van der Waals surface area (Å²) < 4.78 is 7.10. The fourth-order valence-corrected chi connectivity index (χ4v) is 2.79. The van der Waals surface area contributed by atoms with Crippen molar-refractivity contribution >= 4 is 17.0 Å². The summed E-state index contributed by atoms with van der Waals surface area (Å²) in [4.78, 5) is 17.5. The Labute approximate surface area is 140 Å². The topological polar surface area (TPSA) is 99.8 Å². The number of morpholine rings is 1. The summed E-state index contributed by atoms with van der Waals surface area (Å²) in [6.45, 7) is 5.23. The van der Waals surface area contributed by atoms with E-state index in [2.05, 4.69) is 24.8 Å². The highest BCUT2D eigenvalue weighted by Crippen LogP contribution is 2.20. The first kappa shape index (κ1) is 17.0. The maximum atomic E-state index is 9.63. The van der Waals surface area contributed by atoms with Gasteiger partial charge in [-0.25, -0.2) is 15.0 Å². The number of aliphatic hydroxyl groups is 2. The number of hydrogen-bond acceptors (Lipinski definition) is 8. The average Bonchev–Trinajstić information content (AvgIpc) is 3.03. The summed E-state index contributed by atoms with van der Waals surface area (Å²) in [6.07, 6.45) is 2.30. The second-order valence-corrected chi connectivity index (χ2v) is 5.98. The highest BCUT2D eigenvalue weighted by molar-refractivity contribution is 5.83. The van der Waals surface area contributed by atoms with E-state index in [-0.39, 0.29) is 13.2 Å². The molecule has 0 amide bonds. The summed E-state index contributed by atoms with van der Waals surface area (Å²) in [5.41, 5.74) is 1.36. The van der Waals surface area contributed by atoms with Crippen LogP contribution in [0.2, 0.25) is 0 Å². The van der Waals surface area contributed by atoms with E-state index < -0.39 is 6.10 Å². The summed E-state index contributed by atoms with van der Waals surface area (Å²) in [5.74, 6) is 0.769. The van der Waals surface area contributed by atoms with Gasteiger partial charge < -0.3 is 24.4 Å². The summed E-state index contributed by atoms with van der Waals surface area (Å²) in [6, 6.07) is 0. The molecule has 1 aliphatic heterocycles. The van der Waals surface area contributed by atoms with Crippen LogP contribution in [0, 0.1) is 0 Å². The van der Waals surface area contributed by atoms with Crippen molar-refractivity contribution in [3.8, 4) is 0 Å². The van der Waals surface area contributed by atoms with Gasteiger partial charge in [0.05, 0.1) is 38.8 Å². The van der Waals surface area contributed by atoms with E-state index >= 15 is 0 Å². The lowest BCUT2D eigenvalue weighted by Crippen LogP contribution is -2.40. The molecule has 0 bridgehead atoms. The smallest absolute Gasteiger partial charge is 0.165 e. The molecule has 9 nitrogen and oxygen atoms in total. The normalized spacial score (nSPS) is 17.3. The fourth-order valence-electron chi connectivity index (χ4n) is 2.79. The third-order valence-electron chi connectivity index (χ3n) is 4.22. The van der Waals surface area contributed by atoms with E-state index in [4.69, 9.17) is 9.84 Å². The van der Waals surface area contributed by atoms with E-state index in [1.165, 1.54) is 6.33 Å². The second-order valence-electron chi connectivity index (χ2n) is 5.98. The Hall–Kier alpha value is -1.81. The first-order valence-corrected chi connectivity index (χ1v) is 8.15. The third kappa shape index (κ3) is 3.81. The second kappa shape index (κ2) is 7.84. The van der Waals surface area contributed by atoms with Crippen LogP contribution in [0.15, 0.2) is 12.7 Å². The Morgan fingerprint density at radius 2 is 2.08 bits per heavy atom. The molecule has 2 aromatic rings. The van der Waals surface area contributed by atoms with Crippen LogP contribution in [0.5, 0.6) is 0 Å². The molecule has 1 unspecified atom stereocenters. The maximum absolute atomic E-state index is 9.63. The highest BCUT2D eigenvalue weighted by atomic mass is 16.5. The maximum Gasteiger partial charge on any atom is 0.165 e. The van der Waals surface area contributed by atoms with E-state index in [0.29, 0.717) is 11.2 Å². The van der Waals surface area contributed by atoms with Gasteiger partial charge in [0.1, 0.15) is 6.33 Å². The largest absolute Gasteiger partial charge is 0.394 e. The van der Waals surface area contributed by atoms with Gasteiger partial charge in [0.15, 0.2) is 17.0 Å². The van der Waals surface area contributed by atoms with Crippen LogP contribution in [-0.4, -0.2) is 93.8 Å². The molecule has 2 N–H and O–H groups in total. The molecule has 0 saturated carbocycles. The Bertz CT molecular complexity index is 658. The van der Waals surface area contributed by atoms with E-state index in [9.17, 15) is 5.11 Å². The standard InChI is InChI=1S/C15H24N6O3/c1-19(2-3-20-4-6-24-7-5-20)14-13-15(17-10-16-14)21(11-18-13)8-12(23)9-22/h10-12,22-23H,2-9H2,1H3.